The minimum absolute atomic E-state index is 0.119. The van der Waals surface area contributed by atoms with E-state index in [0.29, 0.717) is 16.6 Å². The van der Waals surface area contributed by atoms with E-state index >= 15 is 0 Å². The zero-order valence-electron chi connectivity index (χ0n) is 15.8. The molecular formula is C18H21N3O4S2. The van der Waals surface area contributed by atoms with Crippen LogP contribution < -0.4 is 9.75 Å². The van der Waals surface area contributed by atoms with Crippen molar-refractivity contribution < 1.29 is 19.1 Å². The highest BCUT2D eigenvalue weighted by Gasteiger charge is 2.56. The molecule has 7 nitrogen and oxygen atoms in total. The molecule has 0 saturated carbocycles. The van der Waals surface area contributed by atoms with Gasteiger partial charge in [-0.25, -0.2) is 9.80 Å². The Balaban J connectivity index is 2.02. The number of carbonyl (C=O) groups excluding carboxylic acids is 2. The lowest BCUT2D eigenvalue weighted by Gasteiger charge is -2.39. The fraction of sp³-hybridized carbons (Fsp3) is 0.389. The second-order valence-electron chi connectivity index (χ2n) is 5.92. The van der Waals surface area contributed by atoms with E-state index in [0.717, 1.165) is 17.1 Å². The molecule has 0 aliphatic carbocycles. The molecule has 2 aliphatic rings. The van der Waals surface area contributed by atoms with Crippen molar-refractivity contribution in [1.82, 2.24) is 4.90 Å². The Labute approximate surface area is 166 Å². The van der Waals surface area contributed by atoms with Crippen molar-refractivity contribution in [1.29, 1.82) is 0 Å². The number of ketones is 1. The van der Waals surface area contributed by atoms with Crippen LogP contribution in [0.15, 0.2) is 40.0 Å². The van der Waals surface area contributed by atoms with Gasteiger partial charge in [0.2, 0.25) is 4.33 Å². The molecule has 0 saturated heterocycles. The Morgan fingerprint density at radius 3 is 2.44 bits per heavy atom. The summed E-state index contributed by atoms with van der Waals surface area (Å²) in [5.74, 6) is 0.242. The molecule has 2 aliphatic heterocycles. The summed E-state index contributed by atoms with van der Waals surface area (Å²) in [6.45, 7) is 5.44. The average molecular weight is 408 g/mol. The number of rotatable bonds is 5. The van der Waals surface area contributed by atoms with Crippen LogP contribution in [0.25, 0.3) is 0 Å². The lowest BCUT2D eigenvalue weighted by Crippen LogP contribution is -2.47. The molecule has 144 valence electrons. The maximum Gasteiger partial charge on any atom is 0.346 e. The number of esters is 1. The molecule has 2 heterocycles. The van der Waals surface area contributed by atoms with Gasteiger partial charge < -0.3 is 14.4 Å². The molecule has 0 fully saturated rings. The largest absolute Gasteiger partial charge is 0.497 e. The molecule has 0 N–H and O–H groups in total. The Morgan fingerprint density at radius 1 is 1.22 bits per heavy atom. The van der Waals surface area contributed by atoms with E-state index in [2.05, 4.69) is 5.10 Å². The molecule has 0 radical (unpaired) electrons. The molecule has 1 aromatic carbocycles. The Kier molecular flexibility index (Phi) is 5.43. The molecular weight excluding hydrogens is 386 g/mol. The van der Waals surface area contributed by atoms with E-state index in [9.17, 15) is 9.59 Å². The summed E-state index contributed by atoms with van der Waals surface area (Å²) in [5, 5.41) is 6.72. The molecule has 0 aromatic heterocycles. The van der Waals surface area contributed by atoms with Crippen LogP contribution in [0.1, 0.15) is 20.8 Å². The molecule has 9 heteroatoms. The Hall–Kier alpha value is -2.13. The minimum Gasteiger partial charge on any atom is -0.497 e. The van der Waals surface area contributed by atoms with Gasteiger partial charge in [-0.2, -0.15) is 5.10 Å². The summed E-state index contributed by atoms with van der Waals surface area (Å²) >= 11 is 2.67. The van der Waals surface area contributed by atoms with E-state index in [4.69, 9.17) is 9.47 Å². The van der Waals surface area contributed by atoms with E-state index in [-0.39, 0.29) is 11.8 Å². The first-order valence-corrected chi connectivity index (χ1v) is 10.0. The SMILES string of the molecule is CCOC(=O)C1=C(C)N(C)[C@]2(SC(C(C)=O)=NN2c2ccc(OC)cc2)S1. The lowest BCUT2D eigenvalue weighted by molar-refractivity contribution is -0.137. The van der Waals surface area contributed by atoms with E-state index in [1.165, 1.54) is 30.4 Å². The van der Waals surface area contributed by atoms with E-state index in [1.807, 2.05) is 43.1 Å². The molecule has 0 unspecified atom stereocenters. The molecule has 3 rings (SSSR count). The summed E-state index contributed by atoms with van der Waals surface area (Å²) in [4.78, 5) is 26.9. The summed E-state index contributed by atoms with van der Waals surface area (Å²) in [6, 6.07) is 7.42. The van der Waals surface area contributed by atoms with Gasteiger partial charge in [0.25, 0.3) is 0 Å². The summed E-state index contributed by atoms with van der Waals surface area (Å²) in [7, 11) is 3.49. The van der Waals surface area contributed by atoms with Crippen LogP contribution in [-0.2, 0) is 14.3 Å². The number of nitrogens with zero attached hydrogens (tertiary/aromatic N) is 3. The predicted octanol–water partition coefficient (Wildman–Crippen LogP) is 3.24. The Morgan fingerprint density at radius 2 is 1.89 bits per heavy atom. The normalized spacial score (nSPS) is 21.7. The topological polar surface area (TPSA) is 71.4 Å². The number of hydrogen-bond donors (Lipinski definition) is 0. The van der Waals surface area contributed by atoms with E-state index in [1.54, 1.807) is 19.0 Å². The van der Waals surface area contributed by atoms with Gasteiger partial charge in [0.15, 0.2) is 10.8 Å². The second-order valence-corrected chi connectivity index (χ2v) is 8.52. The lowest BCUT2D eigenvalue weighted by atomic mass is 10.3. The van der Waals surface area contributed by atoms with Crippen molar-refractivity contribution in [2.45, 2.75) is 25.1 Å². The number of allylic oxidation sites excluding steroid dienone is 1. The number of Topliss-reactive ketones (excluding diaryl/α,β-unsaturated/α-hetero) is 1. The van der Waals surface area contributed by atoms with Crippen LogP contribution in [0.2, 0.25) is 0 Å². The first-order chi connectivity index (χ1) is 12.8. The third-order valence-electron chi connectivity index (χ3n) is 4.26. The molecule has 1 spiro atoms. The van der Waals surface area contributed by atoms with Crippen molar-refractivity contribution in [2.75, 3.05) is 25.8 Å². The maximum atomic E-state index is 12.4. The fourth-order valence-electron chi connectivity index (χ4n) is 2.73. The first kappa shape index (κ1) is 19.6. The number of thioether (sulfide) groups is 2. The van der Waals surface area contributed by atoms with Gasteiger partial charge in [-0.15, -0.1) is 0 Å². The minimum atomic E-state index is -0.804. The fourth-order valence-corrected chi connectivity index (χ4v) is 5.61. The number of hydrogen-bond acceptors (Lipinski definition) is 9. The first-order valence-electron chi connectivity index (χ1n) is 8.37. The molecule has 27 heavy (non-hydrogen) atoms. The van der Waals surface area contributed by atoms with Crippen molar-refractivity contribution in [3.63, 3.8) is 0 Å². The van der Waals surface area contributed by atoms with Gasteiger partial charge in [0.1, 0.15) is 10.7 Å². The van der Waals surface area contributed by atoms with Crippen molar-refractivity contribution in [3.05, 3.63) is 34.9 Å². The highest BCUT2D eigenvalue weighted by Crippen LogP contribution is 2.58. The predicted molar refractivity (Wildman–Crippen MR) is 109 cm³/mol. The standard InChI is InChI=1S/C18H21N3O4S2/c1-6-25-17(23)15-11(2)20(4)18(26-15)21(19-16(27-18)12(3)22)13-7-9-14(24-5)10-8-13/h7-10H,6H2,1-5H3/t18-/m1/s1. The van der Waals surface area contributed by atoms with Crippen LogP contribution in [0, 0.1) is 0 Å². The maximum absolute atomic E-state index is 12.4. The number of methoxy groups -OCH3 is 1. The van der Waals surface area contributed by atoms with Crippen molar-refractivity contribution >= 4 is 46.0 Å². The summed E-state index contributed by atoms with van der Waals surface area (Å²) in [6.07, 6.45) is 0. The highest BCUT2D eigenvalue weighted by atomic mass is 32.2. The molecule has 0 amide bonds. The number of anilines is 1. The van der Waals surface area contributed by atoms with Crippen LogP contribution >= 0.6 is 23.5 Å². The van der Waals surface area contributed by atoms with E-state index < -0.39 is 4.33 Å². The average Bonchev–Trinajstić information content (AvgIpc) is 3.16. The third-order valence-corrected chi connectivity index (χ3v) is 7.41. The quantitative estimate of drug-likeness (QED) is 0.689. The smallest absolute Gasteiger partial charge is 0.346 e. The number of ether oxygens (including phenoxy) is 2. The summed E-state index contributed by atoms with van der Waals surface area (Å²) in [5.41, 5.74) is 1.57. The van der Waals surface area contributed by atoms with Crippen LogP contribution in [0.3, 0.4) is 0 Å². The van der Waals surface area contributed by atoms with Crippen molar-refractivity contribution in [3.8, 4) is 5.75 Å². The van der Waals surface area contributed by atoms with Gasteiger partial charge in [-0.1, -0.05) is 11.8 Å². The van der Waals surface area contributed by atoms with Crippen LogP contribution in [0.4, 0.5) is 5.69 Å². The molecule has 1 atom stereocenters. The molecule has 1 aromatic rings. The van der Waals surface area contributed by atoms with Crippen molar-refractivity contribution in [2.24, 2.45) is 5.10 Å². The zero-order chi connectivity index (χ0) is 19.8. The number of hydrazone groups is 1. The van der Waals surface area contributed by atoms with Crippen LogP contribution in [-0.4, -0.2) is 46.8 Å². The second kappa shape index (κ2) is 7.47. The van der Waals surface area contributed by atoms with Gasteiger partial charge in [-0.05, 0) is 49.9 Å². The van der Waals surface area contributed by atoms with Gasteiger partial charge >= 0.3 is 5.97 Å². The Bertz CT molecular complexity index is 838. The van der Waals surface area contributed by atoms with Gasteiger partial charge in [-0.3, -0.25) is 4.79 Å². The number of carbonyl (C=O) groups is 2. The zero-order valence-corrected chi connectivity index (χ0v) is 17.4. The molecule has 0 bridgehead atoms. The highest BCUT2D eigenvalue weighted by molar-refractivity contribution is 8.28. The monoisotopic (exact) mass is 407 g/mol. The van der Waals surface area contributed by atoms with Gasteiger partial charge in [0, 0.05) is 19.7 Å². The van der Waals surface area contributed by atoms with Crippen LogP contribution in [0.5, 0.6) is 5.75 Å². The summed E-state index contributed by atoms with van der Waals surface area (Å²) < 4.78 is 9.62. The third kappa shape index (κ3) is 3.29. The van der Waals surface area contributed by atoms with Gasteiger partial charge in [0.05, 0.1) is 19.4 Å². The number of benzene rings is 1.